The van der Waals surface area contributed by atoms with Crippen LogP contribution in [0.3, 0.4) is 0 Å². The normalized spacial score (nSPS) is 12.1. The Hall–Kier alpha value is -0.850. The fraction of sp³-hybridized carbons (Fsp3) is 0. The van der Waals surface area contributed by atoms with E-state index in [1.54, 1.807) is 0 Å². The van der Waals surface area contributed by atoms with Crippen molar-refractivity contribution < 1.29 is 8.42 Å². The maximum atomic E-state index is 10.9. The van der Waals surface area contributed by atoms with Gasteiger partial charge in [-0.1, -0.05) is 11.6 Å². The Labute approximate surface area is 88.7 Å². The number of nitrogens with zero attached hydrogens (tertiary/aromatic N) is 3. The first-order valence-electron chi connectivity index (χ1n) is 3.43. The summed E-state index contributed by atoms with van der Waals surface area (Å²) in [5.74, 6) is 0.191. The number of hydrogen-bond donors (Lipinski definition) is 0. The van der Waals surface area contributed by atoms with E-state index < -0.39 is 9.05 Å². The quantitative estimate of drug-likeness (QED) is 0.567. The highest BCUT2D eigenvalue weighted by molar-refractivity contribution is 8.13. The van der Waals surface area contributed by atoms with Gasteiger partial charge in [-0.3, -0.25) is 4.40 Å². The van der Waals surface area contributed by atoms with Gasteiger partial charge < -0.3 is 0 Å². The molecule has 8 heteroatoms. The van der Waals surface area contributed by atoms with Crippen LogP contribution in [0.4, 0.5) is 0 Å². The van der Waals surface area contributed by atoms with Crippen LogP contribution in [0, 0.1) is 0 Å². The number of halogens is 2. The minimum Gasteiger partial charge on any atom is -0.274 e. The van der Waals surface area contributed by atoms with Crippen molar-refractivity contribution in [3.05, 3.63) is 23.6 Å². The maximum absolute atomic E-state index is 10.9. The molecule has 0 atom stereocenters. The lowest BCUT2D eigenvalue weighted by molar-refractivity contribution is 0.606. The molecule has 2 aromatic heterocycles. The fourth-order valence-electron chi connectivity index (χ4n) is 0.961. The van der Waals surface area contributed by atoms with Gasteiger partial charge in [-0.05, 0) is 6.07 Å². The molecular weight excluding hydrogens is 249 g/mol. The Morgan fingerprint density at radius 3 is 2.79 bits per heavy atom. The van der Waals surface area contributed by atoms with E-state index in [-0.39, 0.29) is 10.8 Å². The molecule has 0 aliphatic heterocycles. The summed E-state index contributed by atoms with van der Waals surface area (Å²) >= 11 is 5.72. The molecule has 0 radical (unpaired) electrons. The van der Waals surface area contributed by atoms with Crippen LogP contribution in [0.1, 0.15) is 0 Å². The second-order valence-electron chi connectivity index (χ2n) is 2.45. The first-order chi connectivity index (χ1) is 6.48. The molecule has 0 bridgehead atoms. The molecule has 74 valence electrons. The highest BCUT2D eigenvalue weighted by Gasteiger charge is 2.13. The molecular formula is C6H3Cl2N3O2S. The summed E-state index contributed by atoms with van der Waals surface area (Å²) in [7, 11) is 1.29. The molecule has 0 amide bonds. The summed E-state index contributed by atoms with van der Waals surface area (Å²) in [4.78, 5) is 7.50. The van der Waals surface area contributed by atoms with E-state index in [0.717, 1.165) is 0 Å². The van der Waals surface area contributed by atoms with Gasteiger partial charge in [0.2, 0.25) is 5.78 Å². The van der Waals surface area contributed by atoms with Crippen molar-refractivity contribution in [2.24, 2.45) is 0 Å². The Balaban J connectivity index is 2.76. The topological polar surface area (TPSA) is 64.3 Å². The van der Waals surface area contributed by atoms with Crippen molar-refractivity contribution in [2.45, 2.75) is 5.03 Å². The van der Waals surface area contributed by atoms with Gasteiger partial charge in [0.05, 0.1) is 6.20 Å². The third-order valence-corrected chi connectivity index (χ3v) is 3.04. The Kier molecular flexibility index (Phi) is 2.13. The average molecular weight is 252 g/mol. The van der Waals surface area contributed by atoms with E-state index >= 15 is 0 Å². The van der Waals surface area contributed by atoms with Crippen LogP contribution < -0.4 is 0 Å². The van der Waals surface area contributed by atoms with E-state index in [1.165, 1.54) is 22.9 Å². The molecule has 0 N–H and O–H groups in total. The van der Waals surface area contributed by atoms with Gasteiger partial charge >= 0.3 is 0 Å². The van der Waals surface area contributed by atoms with Crippen LogP contribution in [0.5, 0.6) is 0 Å². The molecule has 2 rings (SSSR count). The zero-order chi connectivity index (χ0) is 10.3. The van der Waals surface area contributed by atoms with Crippen LogP contribution >= 0.6 is 22.3 Å². The Bertz CT molecular complexity index is 592. The summed E-state index contributed by atoms with van der Waals surface area (Å²) in [5.41, 5.74) is 0. The minimum atomic E-state index is -3.82. The molecule has 0 fully saturated rings. The average Bonchev–Trinajstić information content (AvgIpc) is 2.46. The molecule has 0 unspecified atom stereocenters. The summed E-state index contributed by atoms with van der Waals surface area (Å²) in [6.45, 7) is 0. The van der Waals surface area contributed by atoms with Gasteiger partial charge in [-0.2, -0.15) is 4.98 Å². The van der Waals surface area contributed by atoms with E-state index in [0.29, 0.717) is 5.15 Å². The fourth-order valence-corrected chi connectivity index (χ4v) is 1.81. The minimum absolute atomic E-state index is 0.191. The molecule has 14 heavy (non-hydrogen) atoms. The molecule has 0 saturated heterocycles. The predicted octanol–water partition coefficient (Wildman–Crippen LogP) is 1.31. The summed E-state index contributed by atoms with van der Waals surface area (Å²) in [6.07, 6.45) is 2.81. The van der Waals surface area contributed by atoms with Crippen molar-refractivity contribution in [3.8, 4) is 0 Å². The van der Waals surface area contributed by atoms with E-state index in [1.807, 2.05) is 0 Å². The zero-order valence-corrected chi connectivity index (χ0v) is 8.88. The lowest BCUT2D eigenvalue weighted by atomic mass is 10.7. The number of imidazole rings is 1. The molecule has 0 saturated carbocycles. The van der Waals surface area contributed by atoms with Crippen molar-refractivity contribution >= 4 is 37.1 Å². The summed E-state index contributed by atoms with van der Waals surface area (Å²) in [5, 5.41) is 0.111. The largest absolute Gasteiger partial charge is 0.278 e. The summed E-state index contributed by atoms with van der Waals surface area (Å²) in [6, 6.07) is 1.25. The van der Waals surface area contributed by atoms with Crippen molar-refractivity contribution in [2.75, 3.05) is 0 Å². The third kappa shape index (κ3) is 1.56. The molecule has 0 aliphatic carbocycles. The molecule has 2 heterocycles. The molecule has 5 nitrogen and oxygen atoms in total. The predicted molar refractivity (Wildman–Crippen MR) is 51.0 cm³/mol. The van der Waals surface area contributed by atoms with Crippen LogP contribution in [0.25, 0.3) is 5.78 Å². The third-order valence-electron chi connectivity index (χ3n) is 1.56. The lowest BCUT2D eigenvalue weighted by Gasteiger charge is -1.96. The van der Waals surface area contributed by atoms with Gasteiger partial charge in [0.25, 0.3) is 9.05 Å². The Morgan fingerprint density at radius 1 is 1.43 bits per heavy atom. The van der Waals surface area contributed by atoms with Gasteiger partial charge in [-0.25, -0.2) is 13.4 Å². The maximum Gasteiger partial charge on any atom is 0.278 e. The van der Waals surface area contributed by atoms with Crippen LogP contribution in [0.2, 0.25) is 5.15 Å². The van der Waals surface area contributed by atoms with Crippen LogP contribution in [-0.4, -0.2) is 22.8 Å². The van der Waals surface area contributed by atoms with Crippen LogP contribution in [0.15, 0.2) is 23.5 Å². The second-order valence-corrected chi connectivity index (χ2v) is 5.35. The highest BCUT2D eigenvalue weighted by Crippen LogP contribution is 2.15. The second kappa shape index (κ2) is 3.08. The lowest BCUT2D eigenvalue weighted by Crippen LogP contribution is -1.98. The standard InChI is InChI=1S/C6H3Cl2N3O2S/c7-4-3-9-6-10-5(14(8,12)13)1-2-11(4)6/h1-3H. The van der Waals surface area contributed by atoms with Gasteiger partial charge in [-0.15, -0.1) is 0 Å². The van der Waals surface area contributed by atoms with E-state index in [4.69, 9.17) is 22.3 Å². The highest BCUT2D eigenvalue weighted by atomic mass is 35.7. The zero-order valence-electron chi connectivity index (χ0n) is 6.55. The van der Waals surface area contributed by atoms with Crippen molar-refractivity contribution in [1.82, 2.24) is 14.4 Å². The molecule has 0 spiro atoms. The number of hydrogen-bond acceptors (Lipinski definition) is 4. The van der Waals surface area contributed by atoms with Crippen molar-refractivity contribution in [1.29, 1.82) is 0 Å². The molecule has 0 aliphatic rings. The summed E-state index contributed by atoms with van der Waals surface area (Å²) < 4.78 is 23.3. The smallest absolute Gasteiger partial charge is 0.274 e. The Morgan fingerprint density at radius 2 is 2.14 bits per heavy atom. The number of fused-ring (bicyclic) bond motifs is 1. The number of aromatic nitrogens is 3. The number of rotatable bonds is 1. The van der Waals surface area contributed by atoms with Crippen LogP contribution in [-0.2, 0) is 9.05 Å². The molecule has 2 aromatic rings. The first kappa shape index (κ1) is 9.70. The van der Waals surface area contributed by atoms with E-state index in [2.05, 4.69) is 9.97 Å². The van der Waals surface area contributed by atoms with Crippen molar-refractivity contribution in [3.63, 3.8) is 0 Å². The first-order valence-corrected chi connectivity index (χ1v) is 6.11. The monoisotopic (exact) mass is 251 g/mol. The van der Waals surface area contributed by atoms with Gasteiger partial charge in [0, 0.05) is 16.9 Å². The SMILES string of the molecule is O=S(=O)(Cl)c1ccn2c(Cl)cnc2n1. The van der Waals surface area contributed by atoms with E-state index in [9.17, 15) is 8.42 Å². The molecule has 0 aromatic carbocycles. The van der Waals surface area contributed by atoms with Gasteiger partial charge in [0.15, 0.2) is 5.03 Å². The van der Waals surface area contributed by atoms with Gasteiger partial charge in [0.1, 0.15) is 5.15 Å².